The molecule has 0 spiro atoms. The van der Waals surface area contributed by atoms with Crippen LogP contribution in [0.3, 0.4) is 0 Å². The fourth-order valence-electron chi connectivity index (χ4n) is 4.48. The molecule has 3 aromatic carbocycles. The van der Waals surface area contributed by atoms with Crippen molar-refractivity contribution in [2.75, 3.05) is 17.4 Å². The quantitative estimate of drug-likeness (QED) is 0.461. The van der Waals surface area contributed by atoms with Gasteiger partial charge >= 0.3 is 0 Å². The summed E-state index contributed by atoms with van der Waals surface area (Å²) in [6.45, 7) is 4.76. The third-order valence-electron chi connectivity index (χ3n) is 6.35. The summed E-state index contributed by atoms with van der Waals surface area (Å²) in [6.07, 6.45) is 1.29. The zero-order valence-corrected chi connectivity index (χ0v) is 20.9. The Hall–Kier alpha value is -3.39. The van der Waals surface area contributed by atoms with Gasteiger partial charge in [-0.1, -0.05) is 61.5 Å². The van der Waals surface area contributed by atoms with Gasteiger partial charge in [0.2, 0.25) is 11.8 Å². The molecule has 1 N–H and O–H groups in total. The van der Waals surface area contributed by atoms with Gasteiger partial charge in [0.25, 0.3) is 10.0 Å². The van der Waals surface area contributed by atoms with Crippen molar-refractivity contribution in [3.63, 3.8) is 0 Å². The van der Waals surface area contributed by atoms with Crippen LogP contribution >= 0.6 is 0 Å². The maximum absolute atomic E-state index is 13.3. The summed E-state index contributed by atoms with van der Waals surface area (Å²) in [4.78, 5) is 27.8. The monoisotopic (exact) mass is 493 g/mol. The first-order valence-corrected chi connectivity index (χ1v) is 13.4. The maximum Gasteiger partial charge on any atom is 0.265 e. The van der Waals surface area contributed by atoms with Gasteiger partial charge in [0.05, 0.1) is 10.6 Å². The predicted octanol–water partition coefficient (Wildman–Crippen LogP) is 4.07. The standard InChI is InChI=1S/C27H31N3O4S/c1-3-17-28-27(32)20(2)29(19-21-10-5-4-6-11-21)25(31)16-9-18-30-23-14-7-12-22-13-8-15-24(26(22)23)35(30,33)34/h4-8,10-15,20H,3,9,16-19H2,1-2H3,(H,28,32)/t20-/m0/s1. The van der Waals surface area contributed by atoms with Crippen molar-refractivity contribution in [1.29, 1.82) is 0 Å². The van der Waals surface area contributed by atoms with E-state index >= 15 is 0 Å². The lowest BCUT2D eigenvalue weighted by Gasteiger charge is -2.29. The van der Waals surface area contributed by atoms with Gasteiger partial charge in [0, 0.05) is 31.4 Å². The Balaban J connectivity index is 1.48. The lowest BCUT2D eigenvalue weighted by molar-refractivity contribution is -0.140. The zero-order chi connectivity index (χ0) is 25.0. The Bertz CT molecular complexity index is 1320. The van der Waals surface area contributed by atoms with Crippen molar-refractivity contribution in [2.24, 2.45) is 0 Å². The van der Waals surface area contributed by atoms with E-state index in [4.69, 9.17) is 0 Å². The highest BCUT2D eigenvalue weighted by molar-refractivity contribution is 7.93. The van der Waals surface area contributed by atoms with Gasteiger partial charge in [-0.2, -0.15) is 0 Å². The molecule has 8 heteroatoms. The molecular weight excluding hydrogens is 462 g/mol. The summed E-state index contributed by atoms with van der Waals surface area (Å²) < 4.78 is 27.8. The van der Waals surface area contributed by atoms with E-state index in [1.807, 2.05) is 55.5 Å². The molecule has 0 bridgehead atoms. The van der Waals surface area contributed by atoms with E-state index in [2.05, 4.69) is 5.32 Å². The molecule has 1 aliphatic heterocycles. The third-order valence-corrected chi connectivity index (χ3v) is 8.20. The highest BCUT2D eigenvalue weighted by atomic mass is 32.2. The Kier molecular flexibility index (Phi) is 7.40. The Morgan fingerprint density at radius 1 is 1.00 bits per heavy atom. The van der Waals surface area contributed by atoms with E-state index in [0.29, 0.717) is 30.1 Å². The molecule has 2 amide bonds. The molecule has 0 aromatic heterocycles. The van der Waals surface area contributed by atoms with Crippen molar-refractivity contribution < 1.29 is 18.0 Å². The van der Waals surface area contributed by atoms with E-state index in [9.17, 15) is 18.0 Å². The highest BCUT2D eigenvalue weighted by Crippen LogP contribution is 2.42. The number of nitrogens with zero attached hydrogens (tertiary/aromatic N) is 2. The normalized spacial score (nSPS) is 14.6. The second-order valence-electron chi connectivity index (χ2n) is 8.79. The molecular formula is C27H31N3O4S. The maximum atomic E-state index is 13.3. The van der Waals surface area contributed by atoms with E-state index in [1.54, 1.807) is 30.0 Å². The minimum Gasteiger partial charge on any atom is -0.354 e. The largest absolute Gasteiger partial charge is 0.354 e. The van der Waals surface area contributed by atoms with E-state index in [1.165, 1.54) is 4.31 Å². The van der Waals surface area contributed by atoms with Gasteiger partial charge < -0.3 is 10.2 Å². The van der Waals surface area contributed by atoms with Gasteiger partial charge in [-0.05, 0) is 42.8 Å². The molecule has 0 saturated carbocycles. The second-order valence-corrected chi connectivity index (χ2v) is 10.6. The van der Waals surface area contributed by atoms with Crippen LogP contribution in [0.4, 0.5) is 5.69 Å². The molecule has 3 aromatic rings. The predicted molar refractivity (Wildman–Crippen MR) is 137 cm³/mol. The smallest absolute Gasteiger partial charge is 0.265 e. The number of carbonyl (C=O) groups excluding carboxylic acids is 2. The number of anilines is 1. The number of amides is 2. The first kappa shape index (κ1) is 24.7. The number of nitrogens with one attached hydrogen (secondary N) is 1. The number of benzene rings is 3. The fourth-order valence-corrected chi connectivity index (χ4v) is 6.22. The number of rotatable bonds is 10. The van der Waals surface area contributed by atoms with Gasteiger partial charge in [-0.15, -0.1) is 0 Å². The molecule has 1 heterocycles. The summed E-state index contributed by atoms with van der Waals surface area (Å²) in [5.41, 5.74) is 1.58. The summed E-state index contributed by atoms with van der Waals surface area (Å²) in [5.74, 6) is -0.374. The molecule has 35 heavy (non-hydrogen) atoms. The molecule has 4 rings (SSSR count). The van der Waals surface area contributed by atoms with Crippen LogP contribution in [0.2, 0.25) is 0 Å². The Labute approximate surface area is 206 Å². The first-order valence-electron chi connectivity index (χ1n) is 12.0. The minimum atomic E-state index is -3.66. The van der Waals surface area contributed by atoms with Crippen LogP contribution in [0.25, 0.3) is 10.8 Å². The number of hydrogen-bond acceptors (Lipinski definition) is 4. The highest BCUT2D eigenvalue weighted by Gasteiger charge is 2.35. The van der Waals surface area contributed by atoms with Crippen LogP contribution in [-0.4, -0.2) is 44.3 Å². The molecule has 0 radical (unpaired) electrons. The molecule has 1 aliphatic rings. The van der Waals surface area contributed by atoms with Crippen LogP contribution in [-0.2, 0) is 26.2 Å². The number of carbonyl (C=O) groups is 2. The van der Waals surface area contributed by atoms with Crippen molar-refractivity contribution in [3.05, 3.63) is 72.3 Å². The van der Waals surface area contributed by atoms with Crippen LogP contribution < -0.4 is 9.62 Å². The van der Waals surface area contributed by atoms with Gasteiger partial charge in [0.1, 0.15) is 6.04 Å². The van der Waals surface area contributed by atoms with Crippen LogP contribution in [0.5, 0.6) is 0 Å². The van der Waals surface area contributed by atoms with Crippen molar-refractivity contribution in [3.8, 4) is 0 Å². The van der Waals surface area contributed by atoms with Crippen LogP contribution in [0, 0.1) is 0 Å². The van der Waals surface area contributed by atoms with E-state index < -0.39 is 16.1 Å². The molecule has 0 saturated heterocycles. The Morgan fingerprint density at radius 2 is 1.71 bits per heavy atom. The van der Waals surface area contributed by atoms with Crippen LogP contribution in [0.15, 0.2) is 71.6 Å². The molecule has 184 valence electrons. The van der Waals surface area contributed by atoms with E-state index in [0.717, 1.165) is 22.8 Å². The molecule has 0 unspecified atom stereocenters. The molecule has 7 nitrogen and oxygen atoms in total. The van der Waals surface area contributed by atoms with Crippen molar-refractivity contribution >= 4 is 38.3 Å². The topological polar surface area (TPSA) is 86.8 Å². The number of hydrogen-bond donors (Lipinski definition) is 1. The average molecular weight is 494 g/mol. The lowest BCUT2D eigenvalue weighted by atomic mass is 10.1. The van der Waals surface area contributed by atoms with Crippen LogP contribution in [0.1, 0.15) is 38.7 Å². The number of sulfonamides is 1. The lowest BCUT2D eigenvalue weighted by Crippen LogP contribution is -2.47. The Morgan fingerprint density at radius 3 is 2.43 bits per heavy atom. The van der Waals surface area contributed by atoms with Crippen molar-refractivity contribution in [1.82, 2.24) is 10.2 Å². The molecule has 0 aliphatic carbocycles. The summed E-state index contributed by atoms with van der Waals surface area (Å²) in [6, 6.07) is 19.7. The van der Waals surface area contributed by atoms with Crippen molar-refractivity contribution in [2.45, 2.75) is 50.6 Å². The fraction of sp³-hybridized carbons (Fsp3) is 0.333. The molecule has 1 atom stereocenters. The summed E-state index contributed by atoms with van der Waals surface area (Å²) >= 11 is 0. The zero-order valence-electron chi connectivity index (χ0n) is 20.1. The third kappa shape index (κ3) is 5.03. The average Bonchev–Trinajstić information content (AvgIpc) is 3.09. The van der Waals surface area contributed by atoms with Gasteiger partial charge in [0.15, 0.2) is 0 Å². The first-order chi connectivity index (χ1) is 16.8. The summed E-state index contributed by atoms with van der Waals surface area (Å²) in [5, 5.41) is 4.47. The van der Waals surface area contributed by atoms with Gasteiger partial charge in [-0.3, -0.25) is 13.9 Å². The molecule has 0 fully saturated rings. The second kappa shape index (κ2) is 10.5. The van der Waals surface area contributed by atoms with E-state index in [-0.39, 0.29) is 24.8 Å². The SMILES string of the molecule is CCCNC(=O)[C@H](C)N(Cc1ccccc1)C(=O)CCCN1c2cccc3cccc(c23)S1(=O)=O. The minimum absolute atomic E-state index is 0.135. The summed E-state index contributed by atoms with van der Waals surface area (Å²) in [7, 11) is -3.66. The van der Waals surface area contributed by atoms with Gasteiger partial charge in [-0.25, -0.2) is 8.42 Å².